The van der Waals surface area contributed by atoms with Gasteiger partial charge in [-0.1, -0.05) is 194 Å². The molecule has 0 aliphatic carbocycles. The van der Waals surface area contributed by atoms with E-state index < -0.39 is 5.41 Å². The number of para-hydroxylation sites is 3. The Hall–Kier alpha value is -7.68. The van der Waals surface area contributed by atoms with Crippen LogP contribution in [0.2, 0.25) is 0 Å². The maximum absolute atomic E-state index is 2.45. The molecule has 0 saturated heterocycles. The number of nitrogens with zero attached hydrogens (tertiary/aromatic N) is 2. The van der Waals surface area contributed by atoms with Crippen molar-refractivity contribution in [2.24, 2.45) is 0 Å². The van der Waals surface area contributed by atoms with Crippen molar-refractivity contribution in [1.82, 2.24) is 0 Å². The molecule has 59 heavy (non-hydrogen) atoms. The Morgan fingerprint density at radius 1 is 0.254 bits per heavy atom. The lowest BCUT2D eigenvalue weighted by Gasteiger charge is -2.41. The highest BCUT2D eigenvalue weighted by Crippen LogP contribution is 2.52. The molecule has 10 aromatic carbocycles. The molecule has 0 amide bonds. The molecule has 0 aromatic heterocycles. The van der Waals surface area contributed by atoms with Gasteiger partial charge in [0.2, 0.25) is 0 Å². The summed E-state index contributed by atoms with van der Waals surface area (Å²) in [5, 5.41) is 4.81. The lowest BCUT2D eigenvalue weighted by Crippen LogP contribution is -2.33. The quantitative estimate of drug-likeness (QED) is 0.128. The first kappa shape index (κ1) is 35.7. The van der Waals surface area contributed by atoms with Crippen LogP contribution in [0.4, 0.5) is 34.1 Å². The highest BCUT2D eigenvalue weighted by atomic mass is 15.2. The third-order valence-corrected chi connectivity index (χ3v) is 11.5. The third kappa shape index (κ3) is 6.51. The molecule has 0 aliphatic heterocycles. The van der Waals surface area contributed by atoms with Crippen molar-refractivity contribution >= 4 is 55.7 Å². The van der Waals surface area contributed by atoms with Gasteiger partial charge < -0.3 is 9.80 Å². The fourth-order valence-corrected chi connectivity index (χ4v) is 8.94. The molecular weight excluding hydrogens is 713 g/mol. The second kappa shape index (κ2) is 15.7. The number of fused-ring (bicyclic) bond motifs is 2. The lowest BCUT2D eigenvalue weighted by atomic mass is 9.64. The zero-order valence-corrected chi connectivity index (χ0v) is 32.6. The minimum absolute atomic E-state index is 0.752. The van der Waals surface area contributed by atoms with Gasteiger partial charge in [0.1, 0.15) is 0 Å². The first-order chi connectivity index (χ1) is 29.3. The zero-order chi connectivity index (χ0) is 39.4. The Morgan fingerprint density at radius 3 is 1.41 bits per heavy atom. The Kier molecular flexibility index (Phi) is 9.50. The average Bonchev–Trinajstić information content (AvgIpc) is 3.32. The van der Waals surface area contributed by atoms with Crippen molar-refractivity contribution in [1.29, 1.82) is 0 Å². The minimum Gasteiger partial charge on any atom is -0.310 e. The third-order valence-electron chi connectivity index (χ3n) is 11.5. The van der Waals surface area contributed by atoms with E-state index in [2.05, 4.69) is 265 Å². The predicted octanol–water partition coefficient (Wildman–Crippen LogP) is 15.3. The van der Waals surface area contributed by atoms with Gasteiger partial charge in [-0.2, -0.15) is 0 Å². The van der Waals surface area contributed by atoms with Gasteiger partial charge in [0.05, 0.1) is 16.8 Å². The normalized spacial score (nSPS) is 11.4. The Morgan fingerprint density at radius 2 is 0.712 bits per heavy atom. The first-order valence-corrected chi connectivity index (χ1v) is 20.3. The van der Waals surface area contributed by atoms with E-state index >= 15 is 0 Å². The molecule has 2 nitrogen and oxygen atoms in total. The average molecular weight is 755 g/mol. The van der Waals surface area contributed by atoms with E-state index in [9.17, 15) is 0 Å². The molecule has 10 aromatic rings. The summed E-state index contributed by atoms with van der Waals surface area (Å²) in [7, 11) is 0. The van der Waals surface area contributed by atoms with Crippen molar-refractivity contribution in [2.75, 3.05) is 9.80 Å². The molecule has 0 spiro atoms. The fourth-order valence-electron chi connectivity index (χ4n) is 8.94. The van der Waals surface area contributed by atoms with Crippen molar-refractivity contribution in [3.05, 3.63) is 277 Å². The molecule has 0 heterocycles. The maximum Gasteiger partial charge on any atom is 0.0722 e. The van der Waals surface area contributed by atoms with Crippen LogP contribution in [-0.4, -0.2) is 0 Å². The van der Waals surface area contributed by atoms with Crippen LogP contribution >= 0.6 is 0 Å². The van der Waals surface area contributed by atoms with Crippen molar-refractivity contribution in [2.45, 2.75) is 5.41 Å². The minimum atomic E-state index is -0.752. The summed E-state index contributed by atoms with van der Waals surface area (Å²) in [6, 6.07) is 92.4. The standard InChI is InChI=1S/C57H42N2/c1-5-25-46(26-6-1)57(47-27-7-2-8-28-47,48-29-20-34-51(42-48)58(49-30-9-3-10-31-49)52-40-39-43-21-13-14-23-45(43)41-52)54-36-17-18-37-56(54)59(50-32-11-4-12-33-50)55-38-19-24-44-22-15-16-35-53(44)55/h1-42H. The Bertz CT molecular complexity index is 2950. The predicted molar refractivity (Wildman–Crippen MR) is 249 cm³/mol. The van der Waals surface area contributed by atoms with Gasteiger partial charge in [0.15, 0.2) is 0 Å². The number of hydrogen-bond acceptors (Lipinski definition) is 2. The number of benzene rings is 10. The van der Waals surface area contributed by atoms with Crippen LogP contribution in [0, 0.1) is 0 Å². The van der Waals surface area contributed by atoms with E-state index in [0.29, 0.717) is 0 Å². The van der Waals surface area contributed by atoms with Gasteiger partial charge in [0.25, 0.3) is 0 Å². The van der Waals surface area contributed by atoms with Gasteiger partial charge >= 0.3 is 0 Å². The van der Waals surface area contributed by atoms with Crippen LogP contribution in [0.25, 0.3) is 21.5 Å². The molecule has 2 heteroatoms. The summed E-state index contributed by atoms with van der Waals surface area (Å²) >= 11 is 0. The molecule has 280 valence electrons. The summed E-state index contributed by atoms with van der Waals surface area (Å²) in [6.07, 6.45) is 0. The van der Waals surface area contributed by atoms with Crippen LogP contribution in [0.1, 0.15) is 22.3 Å². The molecule has 0 bridgehead atoms. The van der Waals surface area contributed by atoms with Gasteiger partial charge in [-0.25, -0.2) is 0 Å². The SMILES string of the molecule is c1ccc(N(c2cccc(C(c3ccccc3)(c3ccccc3)c3ccccc3N(c3ccccc3)c3cccc4ccccc34)c2)c2ccc3ccccc3c2)cc1. The summed E-state index contributed by atoms with van der Waals surface area (Å²) in [5.41, 5.74) is 10.5. The summed E-state index contributed by atoms with van der Waals surface area (Å²) in [6.45, 7) is 0. The van der Waals surface area contributed by atoms with Crippen molar-refractivity contribution < 1.29 is 0 Å². The summed E-state index contributed by atoms with van der Waals surface area (Å²) in [5.74, 6) is 0. The molecule has 0 atom stereocenters. The first-order valence-electron chi connectivity index (χ1n) is 20.3. The van der Waals surface area contributed by atoms with Crippen LogP contribution in [0.3, 0.4) is 0 Å². The van der Waals surface area contributed by atoms with E-state index in [-0.39, 0.29) is 0 Å². The summed E-state index contributed by atoms with van der Waals surface area (Å²) < 4.78 is 0. The van der Waals surface area contributed by atoms with Crippen molar-refractivity contribution in [3.8, 4) is 0 Å². The largest absolute Gasteiger partial charge is 0.310 e. The Labute approximate surface area is 346 Å². The molecule has 0 saturated carbocycles. The smallest absolute Gasteiger partial charge is 0.0722 e. The maximum atomic E-state index is 2.45. The highest BCUT2D eigenvalue weighted by molar-refractivity contribution is 5.99. The van der Waals surface area contributed by atoms with E-state index in [0.717, 1.165) is 39.7 Å². The van der Waals surface area contributed by atoms with Gasteiger partial charge in [0, 0.05) is 28.1 Å². The van der Waals surface area contributed by atoms with Crippen LogP contribution in [0.5, 0.6) is 0 Å². The fraction of sp³-hybridized carbons (Fsp3) is 0.0175. The van der Waals surface area contributed by atoms with Crippen molar-refractivity contribution in [3.63, 3.8) is 0 Å². The zero-order valence-electron chi connectivity index (χ0n) is 32.6. The van der Waals surface area contributed by atoms with Gasteiger partial charge in [-0.05, 0) is 99.1 Å². The number of anilines is 6. The van der Waals surface area contributed by atoms with Gasteiger partial charge in [-0.15, -0.1) is 0 Å². The molecule has 10 rings (SSSR count). The van der Waals surface area contributed by atoms with E-state index in [4.69, 9.17) is 0 Å². The molecule has 0 unspecified atom stereocenters. The number of rotatable bonds is 10. The highest BCUT2D eigenvalue weighted by Gasteiger charge is 2.41. The van der Waals surface area contributed by atoms with E-state index in [1.54, 1.807) is 0 Å². The topological polar surface area (TPSA) is 6.48 Å². The van der Waals surface area contributed by atoms with E-state index in [1.807, 2.05) is 0 Å². The molecular formula is C57H42N2. The molecule has 0 aliphatic rings. The molecule has 0 fully saturated rings. The lowest BCUT2D eigenvalue weighted by molar-refractivity contribution is 0.745. The Balaban J connectivity index is 1.28. The second-order valence-electron chi connectivity index (χ2n) is 14.9. The molecule has 0 N–H and O–H groups in total. The summed E-state index contributed by atoms with van der Waals surface area (Å²) in [4.78, 5) is 4.84. The van der Waals surface area contributed by atoms with Crippen LogP contribution < -0.4 is 9.80 Å². The molecule has 0 radical (unpaired) electrons. The second-order valence-corrected chi connectivity index (χ2v) is 14.9. The van der Waals surface area contributed by atoms with Gasteiger partial charge in [-0.3, -0.25) is 0 Å². The van der Waals surface area contributed by atoms with Crippen LogP contribution in [-0.2, 0) is 5.41 Å². The van der Waals surface area contributed by atoms with E-state index in [1.165, 1.54) is 38.2 Å². The van der Waals surface area contributed by atoms with Crippen LogP contribution in [0.15, 0.2) is 255 Å². The monoisotopic (exact) mass is 754 g/mol. The number of hydrogen-bond donors (Lipinski definition) is 0.